The SMILES string of the molecule is CCN(Cc1c(C)nn(CC)c1C)S(=O)(=O)c1cn(C)nc1C. The van der Waals surface area contributed by atoms with Gasteiger partial charge in [-0.25, -0.2) is 8.42 Å². The van der Waals surface area contributed by atoms with E-state index in [2.05, 4.69) is 10.2 Å². The summed E-state index contributed by atoms with van der Waals surface area (Å²) in [5.41, 5.74) is 3.38. The van der Waals surface area contributed by atoms with Crippen molar-refractivity contribution in [1.29, 1.82) is 0 Å². The number of aryl methyl sites for hydroxylation is 4. The third-order valence-electron chi connectivity index (χ3n) is 4.10. The zero-order chi connectivity index (χ0) is 17.4. The van der Waals surface area contributed by atoms with Crippen molar-refractivity contribution in [3.8, 4) is 0 Å². The lowest BCUT2D eigenvalue weighted by Gasteiger charge is -2.20. The lowest BCUT2D eigenvalue weighted by molar-refractivity contribution is 0.421. The van der Waals surface area contributed by atoms with Crippen LogP contribution in [0.4, 0.5) is 0 Å². The molecular weight excluding hydrogens is 314 g/mol. The van der Waals surface area contributed by atoms with E-state index in [1.165, 1.54) is 8.99 Å². The normalized spacial score (nSPS) is 12.3. The van der Waals surface area contributed by atoms with Crippen LogP contribution in [0.25, 0.3) is 0 Å². The van der Waals surface area contributed by atoms with Crippen molar-refractivity contribution in [3.05, 3.63) is 28.8 Å². The molecule has 23 heavy (non-hydrogen) atoms. The van der Waals surface area contributed by atoms with Crippen LogP contribution in [-0.4, -0.2) is 38.8 Å². The fourth-order valence-electron chi connectivity index (χ4n) is 2.78. The van der Waals surface area contributed by atoms with Gasteiger partial charge in [-0.1, -0.05) is 6.92 Å². The molecule has 0 aliphatic heterocycles. The van der Waals surface area contributed by atoms with Crippen LogP contribution in [0.2, 0.25) is 0 Å². The molecule has 0 fully saturated rings. The molecular formula is C15H25N5O2S. The molecule has 7 nitrogen and oxygen atoms in total. The number of rotatable bonds is 6. The minimum Gasteiger partial charge on any atom is -0.274 e. The van der Waals surface area contributed by atoms with Crippen LogP contribution in [0.3, 0.4) is 0 Å². The summed E-state index contributed by atoms with van der Waals surface area (Å²) in [6, 6.07) is 0. The predicted molar refractivity (Wildman–Crippen MR) is 88.6 cm³/mol. The van der Waals surface area contributed by atoms with Gasteiger partial charge in [0.1, 0.15) is 4.90 Å². The predicted octanol–water partition coefficient (Wildman–Crippen LogP) is 1.77. The van der Waals surface area contributed by atoms with Gasteiger partial charge in [0.25, 0.3) is 0 Å². The highest BCUT2D eigenvalue weighted by atomic mass is 32.2. The number of nitrogens with zero attached hydrogens (tertiary/aromatic N) is 5. The smallest absolute Gasteiger partial charge is 0.246 e. The van der Waals surface area contributed by atoms with Gasteiger partial charge in [-0.15, -0.1) is 0 Å². The first-order chi connectivity index (χ1) is 10.7. The van der Waals surface area contributed by atoms with Crippen molar-refractivity contribution in [2.75, 3.05) is 6.54 Å². The molecule has 0 atom stereocenters. The maximum absolute atomic E-state index is 12.9. The second kappa shape index (κ2) is 6.45. The van der Waals surface area contributed by atoms with E-state index >= 15 is 0 Å². The first-order valence-corrected chi connectivity index (χ1v) is 9.19. The van der Waals surface area contributed by atoms with Crippen molar-refractivity contribution in [3.63, 3.8) is 0 Å². The highest BCUT2D eigenvalue weighted by Gasteiger charge is 2.28. The quantitative estimate of drug-likeness (QED) is 0.804. The van der Waals surface area contributed by atoms with E-state index in [0.717, 1.165) is 23.5 Å². The van der Waals surface area contributed by atoms with E-state index in [4.69, 9.17) is 0 Å². The van der Waals surface area contributed by atoms with E-state index in [9.17, 15) is 8.42 Å². The maximum atomic E-state index is 12.9. The number of hydrogen-bond donors (Lipinski definition) is 0. The van der Waals surface area contributed by atoms with Crippen LogP contribution in [0.15, 0.2) is 11.1 Å². The van der Waals surface area contributed by atoms with E-state index < -0.39 is 10.0 Å². The first kappa shape index (κ1) is 17.7. The lowest BCUT2D eigenvalue weighted by atomic mass is 10.2. The summed E-state index contributed by atoms with van der Waals surface area (Å²) in [6.45, 7) is 11.0. The van der Waals surface area contributed by atoms with Crippen LogP contribution in [0.1, 0.15) is 36.5 Å². The fraction of sp³-hybridized carbons (Fsp3) is 0.600. The molecule has 0 bridgehead atoms. The monoisotopic (exact) mass is 339 g/mol. The van der Waals surface area contributed by atoms with Crippen LogP contribution < -0.4 is 0 Å². The summed E-state index contributed by atoms with van der Waals surface area (Å²) >= 11 is 0. The molecule has 0 unspecified atom stereocenters. The molecule has 128 valence electrons. The minimum absolute atomic E-state index is 0.264. The summed E-state index contributed by atoms with van der Waals surface area (Å²) in [6.07, 6.45) is 1.56. The van der Waals surface area contributed by atoms with Gasteiger partial charge in [0.05, 0.1) is 11.4 Å². The van der Waals surface area contributed by atoms with Crippen LogP contribution >= 0.6 is 0 Å². The van der Waals surface area contributed by atoms with Gasteiger partial charge < -0.3 is 0 Å². The summed E-state index contributed by atoms with van der Waals surface area (Å²) < 4.78 is 30.8. The molecule has 0 aliphatic rings. The molecule has 0 radical (unpaired) electrons. The molecule has 0 saturated carbocycles. The Kier molecular flexibility index (Phi) is 4.95. The third-order valence-corrected chi connectivity index (χ3v) is 6.13. The Hall–Kier alpha value is -1.67. The van der Waals surface area contributed by atoms with Crippen molar-refractivity contribution in [1.82, 2.24) is 23.9 Å². The number of sulfonamides is 1. The van der Waals surface area contributed by atoms with Gasteiger partial charge in [0.2, 0.25) is 10.0 Å². The molecule has 2 heterocycles. The fourth-order valence-corrected chi connectivity index (χ4v) is 4.40. The van der Waals surface area contributed by atoms with Crippen LogP contribution in [0, 0.1) is 20.8 Å². The Labute approximate surface area is 138 Å². The second-order valence-electron chi connectivity index (χ2n) is 5.65. The highest BCUT2D eigenvalue weighted by molar-refractivity contribution is 7.89. The standard InChI is InChI=1S/C15H25N5O2S/c1-7-19(9-14-11(3)17-20(8-2)13(14)5)23(21,22)15-10-18(6)16-12(15)4/h10H,7-9H2,1-6H3. The van der Waals surface area contributed by atoms with Crippen LogP contribution in [0.5, 0.6) is 0 Å². The van der Waals surface area contributed by atoms with Gasteiger partial charge in [-0.2, -0.15) is 14.5 Å². The number of hydrogen-bond acceptors (Lipinski definition) is 4. The molecule has 0 amide bonds. The van der Waals surface area contributed by atoms with Gasteiger partial charge >= 0.3 is 0 Å². The Balaban J connectivity index is 2.41. The largest absolute Gasteiger partial charge is 0.274 e. The van der Waals surface area contributed by atoms with Gasteiger partial charge in [-0.3, -0.25) is 9.36 Å². The first-order valence-electron chi connectivity index (χ1n) is 7.75. The number of aromatic nitrogens is 4. The van der Waals surface area contributed by atoms with Crippen molar-refractivity contribution >= 4 is 10.0 Å². The topological polar surface area (TPSA) is 73.0 Å². The van der Waals surface area contributed by atoms with E-state index in [1.54, 1.807) is 20.2 Å². The molecule has 2 aromatic heterocycles. The third kappa shape index (κ3) is 3.18. The molecule has 0 spiro atoms. The van der Waals surface area contributed by atoms with Crippen molar-refractivity contribution in [2.45, 2.75) is 52.6 Å². The Morgan fingerprint density at radius 3 is 2.22 bits per heavy atom. The van der Waals surface area contributed by atoms with E-state index in [-0.39, 0.29) is 4.90 Å². The zero-order valence-electron chi connectivity index (χ0n) is 14.7. The summed E-state index contributed by atoms with van der Waals surface area (Å²) in [5.74, 6) is 0. The summed E-state index contributed by atoms with van der Waals surface area (Å²) in [7, 11) is -1.85. The lowest BCUT2D eigenvalue weighted by Crippen LogP contribution is -2.31. The zero-order valence-corrected chi connectivity index (χ0v) is 15.5. The Bertz CT molecular complexity index is 804. The van der Waals surface area contributed by atoms with E-state index in [1.807, 2.05) is 32.4 Å². The summed E-state index contributed by atoms with van der Waals surface area (Å²) in [5, 5.41) is 8.62. The molecule has 0 saturated heterocycles. The van der Waals surface area contributed by atoms with Gasteiger partial charge in [-0.05, 0) is 27.7 Å². The average Bonchev–Trinajstić information content (AvgIpc) is 2.96. The second-order valence-corrected chi connectivity index (χ2v) is 7.56. The summed E-state index contributed by atoms with van der Waals surface area (Å²) in [4.78, 5) is 0.264. The minimum atomic E-state index is -3.58. The average molecular weight is 339 g/mol. The van der Waals surface area contributed by atoms with E-state index in [0.29, 0.717) is 18.8 Å². The molecule has 2 aromatic rings. The highest BCUT2D eigenvalue weighted by Crippen LogP contribution is 2.23. The molecule has 2 rings (SSSR count). The molecule has 0 aromatic carbocycles. The molecule has 8 heteroatoms. The van der Waals surface area contributed by atoms with Gasteiger partial charge in [0.15, 0.2) is 0 Å². The van der Waals surface area contributed by atoms with Crippen molar-refractivity contribution < 1.29 is 8.42 Å². The Morgan fingerprint density at radius 2 is 1.78 bits per heavy atom. The molecule has 0 aliphatic carbocycles. The molecule has 0 N–H and O–H groups in total. The van der Waals surface area contributed by atoms with Crippen molar-refractivity contribution in [2.24, 2.45) is 7.05 Å². The van der Waals surface area contributed by atoms with Crippen LogP contribution in [-0.2, 0) is 30.2 Å². The maximum Gasteiger partial charge on any atom is 0.246 e. The Morgan fingerprint density at radius 1 is 1.13 bits per heavy atom. The van der Waals surface area contributed by atoms with Gasteiger partial charge in [0, 0.05) is 44.1 Å².